The van der Waals surface area contributed by atoms with Crippen LogP contribution in [0.15, 0.2) is 0 Å². The quantitative estimate of drug-likeness (QED) is 0.589. The molecule has 0 spiro atoms. The van der Waals surface area contributed by atoms with Crippen LogP contribution in [0.1, 0.15) is 39.5 Å². The van der Waals surface area contributed by atoms with E-state index in [2.05, 4.69) is 38.0 Å². The Hall–Kier alpha value is 0.310. The molecule has 1 unspecified atom stereocenters. The molecule has 0 aromatic heterocycles. The Morgan fingerprint density at radius 3 is 2.50 bits per heavy atom. The topological polar surface area (TPSA) is 12.0 Å². The molecule has 1 atom stereocenters. The second-order valence-electron chi connectivity index (χ2n) is 3.09. The molecule has 0 aliphatic heterocycles. The molecule has 74 valence electrons. The molecule has 0 aliphatic carbocycles. The maximum atomic E-state index is 3.34. The van der Waals surface area contributed by atoms with Gasteiger partial charge in [-0.05, 0) is 37.8 Å². The monoisotopic (exact) mass is 189 g/mol. The lowest BCUT2D eigenvalue weighted by Gasteiger charge is -2.12. The predicted molar refractivity (Wildman–Crippen MR) is 60.0 cm³/mol. The third kappa shape index (κ3) is 6.99. The Morgan fingerprint density at radius 2 is 2.00 bits per heavy atom. The summed E-state index contributed by atoms with van der Waals surface area (Å²) in [5, 5.41) is 3.34. The van der Waals surface area contributed by atoms with E-state index in [4.69, 9.17) is 0 Å². The van der Waals surface area contributed by atoms with Gasteiger partial charge in [-0.25, -0.2) is 0 Å². The van der Waals surface area contributed by atoms with Crippen LogP contribution in [0.25, 0.3) is 0 Å². The summed E-state index contributed by atoms with van der Waals surface area (Å²) < 4.78 is 0. The van der Waals surface area contributed by atoms with Crippen LogP contribution in [0.2, 0.25) is 0 Å². The minimum Gasteiger partial charge on any atom is -0.317 e. The summed E-state index contributed by atoms with van der Waals surface area (Å²) in [4.78, 5) is 0. The van der Waals surface area contributed by atoms with Crippen molar-refractivity contribution in [3.8, 4) is 0 Å². The largest absolute Gasteiger partial charge is 0.317 e. The van der Waals surface area contributed by atoms with E-state index in [1.807, 2.05) is 0 Å². The van der Waals surface area contributed by atoms with Crippen LogP contribution in [-0.4, -0.2) is 24.6 Å². The van der Waals surface area contributed by atoms with Crippen molar-refractivity contribution in [2.75, 3.05) is 18.6 Å². The second kappa shape index (κ2) is 9.40. The zero-order valence-electron chi connectivity index (χ0n) is 8.73. The Balaban J connectivity index is 3.06. The third-order valence-corrected chi connectivity index (χ3v) is 3.18. The molecular formula is C10H23NS. The first-order valence-corrected chi connectivity index (χ1v) is 6.25. The van der Waals surface area contributed by atoms with E-state index in [1.165, 1.54) is 37.2 Å². The lowest BCUT2D eigenvalue weighted by atomic mass is 10.1. The standard InChI is InChI=1S/C10H23NS/c1-4-10(11-3)8-6-7-9-12-5-2/h10-11H,4-9H2,1-3H3. The molecule has 1 N–H and O–H groups in total. The van der Waals surface area contributed by atoms with Crippen molar-refractivity contribution in [3.63, 3.8) is 0 Å². The molecule has 0 saturated carbocycles. The smallest absolute Gasteiger partial charge is 0.00614 e. The molecule has 2 heteroatoms. The molecule has 0 rings (SSSR count). The average Bonchev–Trinajstić information content (AvgIpc) is 2.11. The minimum absolute atomic E-state index is 0.747. The van der Waals surface area contributed by atoms with Crippen molar-refractivity contribution in [3.05, 3.63) is 0 Å². The highest BCUT2D eigenvalue weighted by Gasteiger charge is 2.00. The first-order valence-electron chi connectivity index (χ1n) is 5.10. The number of nitrogens with one attached hydrogen (secondary N) is 1. The SMILES string of the molecule is CCSCCCCC(CC)NC. The van der Waals surface area contributed by atoms with E-state index < -0.39 is 0 Å². The predicted octanol–water partition coefficient (Wildman–Crippen LogP) is 2.91. The fourth-order valence-corrected chi connectivity index (χ4v) is 1.99. The molecule has 12 heavy (non-hydrogen) atoms. The van der Waals surface area contributed by atoms with Crippen molar-refractivity contribution in [2.45, 2.75) is 45.6 Å². The first kappa shape index (κ1) is 12.3. The van der Waals surface area contributed by atoms with E-state index in [-0.39, 0.29) is 0 Å². The van der Waals surface area contributed by atoms with Gasteiger partial charge in [-0.1, -0.05) is 20.3 Å². The fourth-order valence-electron chi connectivity index (χ4n) is 1.29. The molecular weight excluding hydrogens is 166 g/mol. The highest BCUT2D eigenvalue weighted by atomic mass is 32.2. The third-order valence-electron chi connectivity index (χ3n) is 2.20. The van der Waals surface area contributed by atoms with Crippen molar-refractivity contribution < 1.29 is 0 Å². The summed E-state index contributed by atoms with van der Waals surface area (Å²) in [5.74, 6) is 2.61. The lowest BCUT2D eigenvalue weighted by molar-refractivity contribution is 0.489. The van der Waals surface area contributed by atoms with Crippen LogP contribution in [-0.2, 0) is 0 Å². The van der Waals surface area contributed by atoms with Gasteiger partial charge < -0.3 is 5.32 Å². The highest BCUT2D eigenvalue weighted by Crippen LogP contribution is 2.08. The molecule has 0 saturated heterocycles. The van der Waals surface area contributed by atoms with Gasteiger partial charge >= 0.3 is 0 Å². The van der Waals surface area contributed by atoms with Crippen LogP contribution in [0.5, 0.6) is 0 Å². The average molecular weight is 189 g/mol. The molecule has 0 fully saturated rings. The van der Waals surface area contributed by atoms with Crippen LogP contribution >= 0.6 is 11.8 Å². The number of thioether (sulfide) groups is 1. The van der Waals surface area contributed by atoms with Gasteiger partial charge in [0.2, 0.25) is 0 Å². The van der Waals surface area contributed by atoms with Crippen LogP contribution in [0.3, 0.4) is 0 Å². The van der Waals surface area contributed by atoms with Crippen LogP contribution in [0, 0.1) is 0 Å². The Bertz CT molecular complexity index is 81.9. The van der Waals surface area contributed by atoms with E-state index in [9.17, 15) is 0 Å². The lowest BCUT2D eigenvalue weighted by Crippen LogP contribution is -2.23. The number of rotatable bonds is 8. The number of hydrogen-bond acceptors (Lipinski definition) is 2. The van der Waals surface area contributed by atoms with E-state index in [0.717, 1.165) is 6.04 Å². The summed E-state index contributed by atoms with van der Waals surface area (Å²) in [5.41, 5.74) is 0. The van der Waals surface area contributed by atoms with E-state index in [1.54, 1.807) is 0 Å². The number of hydrogen-bond donors (Lipinski definition) is 1. The molecule has 0 radical (unpaired) electrons. The zero-order valence-corrected chi connectivity index (χ0v) is 9.54. The maximum absolute atomic E-state index is 3.34. The van der Waals surface area contributed by atoms with E-state index in [0.29, 0.717) is 0 Å². The summed E-state index contributed by atoms with van der Waals surface area (Å²) in [6.45, 7) is 4.48. The van der Waals surface area contributed by atoms with E-state index >= 15 is 0 Å². The summed E-state index contributed by atoms with van der Waals surface area (Å²) in [6.07, 6.45) is 5.37. The first-order chi connectivity index (χ1) is 5.85. The fraction of sp³-hybridized carbons (Fsp3) is 1.00. The second-order valence-corrected chi connectivity index (χ2v) is 4.48. The Morgan fingerprint density at radius 1 is 1.25 bits per heavy atom. The van der Waals surface area contributed by atoms with Crippen molar-refractivity contribution in [1.82, 2.24) is 5.32 Å². The molecule has 0 aliphatic rings. The molecule has 1 nitrogen and oxygen atoms in total. The van der Waals surface area contributed by atoms with Gasteiger partial charge in [0.05, 0.1) is 0 Å². The molecule has 0 amide bonds. The van der Waals surface area contributed by atoms with Crippen molar-refractivity contribution in [2.24, 2.45) is 0 Å². The minimum atomic E-state index is 0.747. The van der Waals surface area contributed by atoms with Crippen molar-refractivity contribution in [1.29, 1.82) is 0 Å². The summed E-state index contributed by atoms with van der Waals surface area (Å²) in [6, 6.07) is 0.747. The number of unbranched alkanes of at least 4 members (excludes halogenated alkanes) is 1. The molecule has 0 bridgehead atoms. The van der Waals surface area contributed by atoms with Gasteiger partial charge in [0.1, 0.15) is 0 Å². The van der Waals surface area contributed by atoms with Gasteiger partial charge in [0.25, 0.3) is 0 Å². The summed E-state index contributed by atoms with van der Waals surface area (Å²) >= 11 is 2.05. The molecule has 0 aromatic carbocycles. The van der Waals surface area contributed by atoms with Gasteiger partial charge in [-0.3, -0.25) is 0 Å². The molecule has 0 aromatic rings. The van der Waals surface area contributed by atoms with Crippen LogP contribution < -0.4 is 5.32 Å². The maximum Gasteiger partial charge on any atom is 0.00614 e. The highest BCUT2D eigenvalue weighted by molar-refractivity contribution is 7.99. The zero-order chi connectivity index (χ0) is 9.23. The van der Waals surface area contributed by atoms with Crippen LogP contribution in [0.4, 0.5) is 0 Å². The Kier molecular flexibility index (Phi) is 9.64. The Labute approximate surface area is 81.7 Å². The van der Waals surface area contributed by atoms with Gasteiger partial charge in [-0.2, -0.15) is 11.8 Å². The normalized spacial score (nSPS) is 13.2. The van der Waals surface area contributed by atoms with Gasteiger partial charge in [-0.15, -0.1) is 0 Å². The van der Waals surface area contributed by atoms with Gasteiger partial charge in [0, 0.05) is 6.04 Å². The van der Waals surface area contributed by atoms with Gasteiger partial charge in [0.15, 0.2) is 0 Å². The molecule has 0 heterocycles. The summed E-state index contributed by atoms with van der Waals surface area (Å²) in [7, 11) is 2.06. The van der Waals surface area contributed by atoms with Crippen molar-refractivity contribution >= 4 is 11.8 Å².